The third kappa shape index (κ3) is 7.06. The summed E-state index contributed by atoms with van der Waals surface area (Å²) in [6, 6.07) is 4.24. The van der Waals surface area contributed by atoms with Crippen molar-refractivity contribution in [3.05, 3.63) is 23.2 Å². The molecule has 0 aliphatic rings. The molecule has 0 fully saturated rings. The summed E-state index contributed by atoms with van der Waals surface area (Å²) in [5, 5.41) is 2.83. The lowest BCUT2D eigenvalue weighted by Gasteiger charge is -2.19. The van der Waals surface area contributed by atoms with Crippen molar-refractivity contribution in [1.82, 2.24) is 10.0 Å². The maximum Gasteiger partial charge on any atom is 0.407 e. The molecule has 7 nitrogen and oxygen atoms in total. The van der Waals surface area contributed by atoms with Crippen LogP contribution in [0.15, 0.2) is 23.1 Å². The molecule has 1 aromatic rings. The van der Waals surface area contributed by atoms with Gasteiger partial charge in [-0.3, -0.25) is 0 Å². The molecule has 1 amide bonds. The van der Waals surface area contributed by atoms with Gasteiger partial charge in [0.25, 0.3) is 0 Å². The van der Waals surface area contributed by atoms with Crippen LogP contribution < -0.4 is 15.8 Å². The van der Waals surface area contributed by atoms with E-state index < -0.39 is 21.7 Å². The zero-order chi connectivity index (χ0) is 17.7. The molecule has 0 bridgehead atoms. The van der Waals surface area contributed by atoms with E-state index in [-0.39, 0.29) is 28.7 Å². The SMILES string of the molecule is CC(C)(C)OC(=O)NCCCNS(=O)(=O)c1cc(Cl)ccc1N. The average molecular weight is 364 g/mol. The number of carbonyl (C=O) groups excluding carboxylic acids is 1. The van der Waals surface area contributed by atoms with Crippen molar-refractivity contribution < 1.29 is 17.9 Å². The second kappa shape index (κ2) is 7.85. The normalized spacial score (nSPS) is 12.0. The molecule has 0 aliphatic carbocycles. The van der Waals surface area contributed by atoms with Crippen LogP contribution in [0.25, 0.3) is 0 Å². The first-order valence-electron chi connectivity index (χ1n) is 7.03. The molecule has 1 rings (SSSR count). The smallest absolute Gasteiger partial charge is 0.407 e. The molecule has 0 aliphatic heterocycles. The highest BCUT2D eigenvalue weighted by Gasteiger charge is 2.18. The molecule has 0 saturated carbocycles. The molecule has 4 N–H and O–H groups in total. The van der Waals surface area contributed by atoms with Gasteiger partial charge in [0.05, 0.1) is 5.69 Å². The number of alkyl carbamates (subject to hydrolysis) is 1. The Labute approximate surface area is 141 Å². The maximum atomic E-state index is 12.1. The van der Waals surface area contributed by atoms with E-state index in [1.807, 2.05) is 0 Å². The topological polar surface area (TPSA) is 111 Å². The summed E-state index contributed by atoms with van der Waals surface area (Å²) in [5.74, 6) is 0. The van der Waals surface area contributed by atoms with Crippen LogP contribution in [0.4, 0.5) is 10.5 Å². The number of nitrogens with one attached hydrogen (secondary N) is 2. The van der Waals surface area contributed by atoms with E-state index in [9.17, 15) is 13.2 Å². The van der Waals surface area contributed by atoms with E-state index in [0.717, 1.165) is 0 Å². The third-order valence-corrected chi connectivity index (χ3v) is 4.33. The van der Waals surface area contributed by atoms with Gasteiger partial charge in [0.15, 0.2) is 0 Å². The lowest BCUT2D eigenvalue weighted by Crippen LogP contribution is -2.34. The lowest BCUT2D eigenvalue weighted by molar-refractivity contribution is 0.0527. The van der Waals surface area contributed by atoms with Crippen LogP contribution in [-0.4, -0.2) is 33.2 Å². The molecule has 23 heavy (non-hydrogen) atoms. The summed E-state index contributed by atoms with van der Waals surface area (Å²) in [4.78, 5) is 11.4. The Hall–Kier alpha value is -1.51. The predicted molar refractivity (Wildman–Crippen MR) is 89.9 cm³/mol. The summed E-state index contributed by atoms with van der Waals surface area (Å²) in [7, 11) is -3.75. The lowest BCUT2D eigenvalue weighted by atomic mass is 10.2. The molecule has 0 spiro atoms. The number of anilines is 1. The van der Waals surface area contributed by atoms with E-state index in [1.165, 1.54) is 18.2 Å². The average Bonchev–Trinajstić information content (AvgIpc) is 2.39. The van der Waals surface area contributed by atoms with E-state index >= 15 is 0 Å². The first kappa shape index (κ1) is 19.5. The number of carbonyl (C=O) groups is 1. The van der Waals surface area contributed by atoms with E-state index in [2.05, 4.69) is 10.0 Å². The van der Waals surface area contributed by atoms with Gasteiger partial charge in [-0.1, -0.05) is 11.6 Å². The number of hydrogen-bond acceptors (Lipinski definition) is 5. The first-order valence-corrected chi connectivity index (χ1v) is 8.89. The molecular weight excluding hydrogens is 342 g/mol. The molecular formula is C14H22ClN3O4S. The van der Waals surface area contributed by atoms with Crippen LogP contribution in [0.5, 0.6) is 0 Å². The van der Waals surface area contributed by atoms with Gasteiger partial charge >= 0.3 is 6.09 Å². The van der Waals surface area contributed by atoms with Gasteiger partial charge in [0.2, 0.25) is 10.0 Å². The Kier molecular flexibility index (Phi) is 6.67. The fourth-order valence-corrected chi connectivity index (χ4v) is 3.08. The van der Waals surface area contributed by atoms with Crippen molar-refractivity contribution in [3.63, 3.8) is 0 Å². The van der Waals surface area contributed by atoms with Crippen LogP contribution in [-0.2, 0) is 14.8 Å². The van der Waals surface area contributed by atoms with Crippen molar-refractivity contribution in [3.8, 4) is 0 Å². The molecule has 0 heterocycles. The number of hydrogen-bond donors (Lipinski definition) is 3. The van der Waals surface area contributed by atoms with Crippen molar-refractivity contribution in [1.29, 1.82) is 0 Å². The molecule has 0 unspecified atom stereocenters. The fraction of sp³-hybridized carbons (Fsp3) is 0.500. The Morgan fingerprint density at radius 3 is 2.57 bits per heavy atom. The fourth-order valence-electron chi connectivity index (χ4n) is 1.62. The van der Waals surface area contributed by atoms with E-state index in [0.29, 0.717) is 6.42 Å². The largest absolute Gasteiger partial charge is 0.444 e. The van der Waals surface area contributed by atoms with E-state index in [4.69, 9.17) is 22.1 Å². The van der Waals surface area contributed by atoms with E-state index in [1.54, 1.807) is 20.8 Å². The highest BCUT2D eigenvalue weighted by Crippen LogP contribution is 2.22. The molecule has 0 aromatic heterocycles. The Morgan fingerprint density at radius 1 is 1.30 bits per heavy atom. The summed E-state index contributed by atoms with van der Waals surface area (Å²) in [5.41, 5.74) is 5.20. The maximum absolute atomic E-state index is 12.1. The Morgan fingerprint density at radius 2 is 1.96 bits per heavy atom. The highest BCUT2D eigenvalue weighted by atomic mass is 35.5. The van der Waals surface area contributed by atoms with Gasteiger partial charge < -0.3 is 15.8 Å². The summed E-state index contributed by atoms with van der Waals surface area (Å²) in [6.45, 7) is 5.70. The summed E-state index contributed by atoms with van der Waals surface area (Å²) in [6.07, 6.45) is -0.140. The molecule has 1 aromatic carbocycles. The number of benzene rings is 1. The number of halogens is 1. The summed E-state index contributed by atoms with van der Waals surface area (Å²) < 4.78 is 31.7. The van der Waals surface area contributed by atoms with Gasteiger partial charge in [-0.2, -0.15) is 0 Å². The molecule has 9 heteroatoms. The van der Waals surface area contributed by atoms with Crippen LogP contribution in [0.2, 0.25) is 5.02 Å². The minimum atomic E-state index is -3.75. The zero-order valence-corrected chi connectivity index (χ0v) is 14.9. The zero-order valence-electron chi connectivity index (χ0n) is 13.3. The third-order valence-electron chi connectivity index (χ3n) is 2.58. The number of ether oxygens (including phenoxy) is 1. The quantitative estimate of drug-likeness (QED) is 0.529. The van der Waals surface area contributed by atoms with Crippen molar-refractivity contribution in [2.45, 2.75) is 37.7 Å². The van der Waals surface area contributed by atoms with Crippen molar-refractivity contribution in [2.24, 2.45) is 0 Å². The number of rotatable bonds is 6. The number of sulfonamides is 1. The predicted octanol–water partition coefficient (Wildman–Crippen LogP) is 2.12. The van der Waals surface area contributed by atoms with Crippen LogP contribution in [0.1, 0.15) is 27.2 Å². The van der Waals surface area contributed by atoms with Crippen LogP contribution in [0.3, 0.4) is 0 Å². The highest BCUT2D eigenvalue weighted by molar-refractivity contribution is 7.89. The van der Waals surface area contributed by atoms with Gasteiger partial charge in [-0.05, 0) is 45.4 Å². The van der Waals surface area contributed by atoms with Crippen molar-refractivity contribution in [2.75, 3.05) is 18.8 Å². The molecule has 0 saturated heterocycles. The van der Waals surface area contributed by atoms with Crippen molar-refractivity contribution >= 4 is 33.4 Å². The number of nitrogen functional groups attached to an aromatic ring is 1. The second-order valence-corrected chi connectivity index (χ2v) is 8.03. The van der Waals surface area contributed by atoms with Gasteiger partial charge in [0, 0.05) is 18.1 Å². The van der Waals surface area contributed by atoms with Crippen LogP contribution in [0, 0.1) is 0 Å². The Bertz CT molecular complexity index is 656. The molecule has 130 valence electrons. The van der Waals surface area contributed by atoms with Gasteiger partial charge in [-0.15, -0.1) is 0 Å². The molecule has 0 radical (unpaired) electrons. The second-order valence-electron chi connectivity index (χ2n) is 5.86. The minimum Gasteiger partial charge on any atom is -0.444 e. The van der Waals surface area contributed by atoms with Gasteiger partial charge in [-0.25, -0.2) is 17.9 Å². The minimum absolute atomic E-state index is 0.0647. The first-order chi connectivity index (χ1) is 10.5. The summed E-state index contributed by atoms with van der Waals surface area (Å²) >= 11 is 5.79. The van der Waals surface area contributed by atoms with Gasteiger partial charge in [0.1, 0.15) is 10.5 Å². The Balaban J connectivity index is 2.43. The number of nitrogens with two attached hydrogens (primary N) is 1. The van der Waals surface area contributed by atoms with Crippen LogP contribution >= 0.6 is 11.6 Å². The monoisotopic (exact) mass is 363 g/mol. The molecule has 0 atom stereocenters. The standard InChI is InChI=1S/C14H22ClN3O4S/c1-14(2,3)22-13(19)17-7-4-8-18-23(20,21)12-9-10(15)5-6-11(12)16/h5-6,9,18H,4,7-8,16H2,1-3H3,(H,17,19). The number of amides is 1.